The molecule has 1 saturated carbocycles. The van der Waals surface area contributed by atoms with E-state index in [1.807, 2.05) is 0 Å². The standard InChI is InChI=1S/C13H19NO/c1-13(2)11(12(13)15-9-8-14)10-6-4-3-5-7-10/h3-7,11-12H,8-9,14H2,1-2H3. The van der Waals surface area contributed by atoms with Crippen LogP contribution in [0.25, 0.3) is 0 Å². The molecule has 2 N–H and O–H groups in total. The van der Waals surface area contributed by atoms with Gasteiger partial charge in [-0.1, -0.05) is 44.2 Å². The first kappa shape index (κ1) is 10.7. The molecule has 1 aliphatic carbocycles. The predicted molar refractivity (Wildman–Crippen MR) is 61.8 cm³/mol. The first-order chi connectivity index (χ1) is 7.18. The smallest absolute Gasteiger partial charge is 0.0707 e. The van der Waals surface area contributed by atoms with Gasteiger partial charge in [0.2, 0.25) is 0 Å². The summed E-state index contributed by atoms with van der Waals surface area (Å²) in [6.07, 6.45) is 0.337. The molecule has 1 aromatic carbocycles. The van der Waals surface area contributed by atoms with E-state index in [0.717, 1.165) is 0 Å². The Morgan fingerprint density at radius 2 is 1.93 bits per heavy atom. The van der Waals surface area contributed by atoms with Crippen molar-refractivity contribution in [1.29, 1.82) is 0 Å². The van der Waals surface area contributed by atoms with E-state index >= 15 is 0 Å². The first-order valence-corrected chi connectivity index (χ1v) is 5.54. The first-order valence-electron chi connectivity index (χ1n) is 5.54. The summed E-state index contributed by atoms with van der Waals surface area (Å²) in [7, 11) is 0. The average Bonchev–Trinajstić information content (AvgIpc) is 2.79. The molecule has 2 heteroatoms. The normalized spacial score (nSPS) is 27.7. The number of nitrogens with two attached hydrogens (primary N) is 1. The lowest BCUT2D eigenvalue weighted by atomic mass is 10.0. The molecule has 0 bridgehead atoms. The summed E-state index contributed by atoms with van der Waals surface area (Å²) in [6.45, 7) is 5.78. The summed E-state index contributed by atoms with van der Waals surface area (Å²) < 4.78 is 5.76. The Hall–Kier alpha value is -0.860. The van der Waals surface area contributed by atoms with Gasteiger partial charge in [0.1, 0.15) is 0 Å². The molecule has 0 amide bonds. The monoisotopic (exact) mass is 205 g/mol. The lowest BCUT2D eigenvalue weighted by molar-refractivity contribution is 0.101. The summed E-state index contributed by atoms with van der Waals surface area (Å²) in [5.74, 6) is 0.533. The third-order valence-corrected chi connectivity index (χ3v) is 3.30. The van der Waals surface area contributed by atoms with Gasteiger partial charge in [-0.05, 0) is 5.56 Å². The maximum Gasteiger partial charge on any atom is 0.0707 e. The summed E-state index contributed by atoms with van der Waals surface area (Å²) in [5.41, 5.74) is 7.09. The molecule has 0 radical (unpaired) electrons. The molecule has 2 atom stereocenters. The highest BCUT2D eigenvalue weighted by Gasteiger charge is 2.59. The van der Waals surface area contributed by atoms with Crippen LogP contribution in [-0.2, 0) is 4.74 Å². The van der Waals surface area contributed by atoms with Crippen LogP contribution in [-0.4, -0.2) is 19.3 Å². The number of rotatable bonds is 4. The molecule has 2 rings (SSSR count). The maximum atomic E-state index is 5.76. The maximum absolute atomic E-state index is 5.76. The van der Waals surface area contributed by atoms with Crippen LogP contribution in [0.2, 0.25) is 0 Å². The Kier molecular flexibility index (Phi) is 2.81. The zero-order valence-electron chi connectivity index (χ0n) is 9.44. The van der Waals surface area contributed by atoms with Crippen LogP contribution in [0.3, 0.4) is 0 Å². The Labute approximate surface area is 91.4 Å². The van der Waals surface area contributed by atoms with E-state index in [0.29, 0.717) is 25.2 Å². The third kappa shape index (κ3) is 1.92. The van der Waals surface area contributed by atoms with E-state index in [4.69, 9.17) is 10.5 Å². The summed E-state index contributed by atoms with van der Waals surface area (Å²) in [6, 6.07) is 10.6. The quantitative estimate of drug-likeness (QED) is 0.817. The lowest BCUT2D eigenvalue weighted by Crippen LogP contribution is -2.11. The molecule has 15 heavy (non-hydrogen) atoms. The minimum absolute atomic E-state index is 0.260. The van der Waals surface area contributed by atoms with Gasteiger partial charge in [-0.2, -0.15) is 0 Å². The van der Waals surface area contributed by atoms with E-state index < -0.39 is 0 Å². The number of hydrogen-bond donors (Lipinski definition) is 1. The average molecular weight is 205 g/mol. The van der Waals surface area contributed by atoms with Crippen LogP contribution in [0.1, 0.15) is 25.3 Å². The van der Waals surface area contributed by atoms with Gasteiger partial charge in [0.15, 0.2) is 0 Å². The van der Waals surface area contributed by atoms with Gasteiger partial charge in [-0.15, -0.1) is 0 Å². The highest BCUT2D eigenvalue weighted by atomic mass is 16.5. The van der Waals surface area contributed by atoms with Crippen LogP contribution in [0.4, 0.5) is 0 Å². The van der Waals surface area contributed by atoms with E-state index in [1.165, 1.54) is 5.56 Å². The topological polar surface area (TPSA) is 35.2 Å². The number of hydrogen-bond acceptors (Lipinski definition) is 2. The van der Waals surface area contributed by atoms with Crippen molar-refractivity contribution in [2.75, 3.05) is 13.2 Å². The van der Waals surface area contributed by atoms with Crippen LogP contribution < -0.4 is 5.73 Å². The molecular weight excluding hydrogens is 186 g/mol. The van der Waals surface area contributed by atoms with Crippen LogP contribution in [0.5, 0.6) is 0 Å². The minimum atomic E-state index is 0.260. The molecule has 1 aliphatic rings. The van der Waals surface area contributed by atoms with Gasteiger partial charge in [-0.3, -0.25) is 0 Å². The molecule has 0 saturated heterocycles. The second-order valence-electron chi connectivity index (χ2n) is 4.79. The third-order valence-electron chi connectivity index (χ3n) is 3.30. The highest BCUT2D eigenvalue weighted by molar-refractivity contribution is 5.32. The van der Waals surface area contributed by atoms with Crippen LogP contribution >= 0.6 is 0 Å². The van der Waals surface area contributed by atoms with Gasteiger partial charge in [0, 0.05) is 17.9 Å². The highest BCUT2D eigenvalue weighted by Crippen LogP contribution is 2.60. The molecule has 0 spiro atoms. The van der Waals surface area contributed by atoms with Crippen molar-refractivity contribution in [1.82, 2.24) is 0 Å². The fourth-order valence-corrected chi connectivity index (χ4v) is 2.36. The minimum Gasteiger partial charge on any atom is -0.376 e. The molecular formula is C13H19NO. The van der Waals surface area contributed by atoms with Gasteiger partial charge >= 0.3 is 0 Å². The van der Waals surface area contributed by atoms with E-state index in [2.05, 4.69) is 44.2 Å². The Morgan fingerprint density at radius 3 is 2.53 bits per heavy atom. The predicted octanol–water partition coefficient (Wildman–Crippen LogP) is 2.15. The molecule has 1 fully saturated rings. The molecule has 0 heterocycles. The fraction of sp³-hybridized carbons (Fsp3) is 0.538. The van der Waals surface area contributed by atoms with Gasteiger partial charge in [-0.25, -0.2) is 0 Å². The van der Waals surface area contributed by atoms with E-state index in [-0.39, 0.29) is 5.41 Å². The molecule has 2 unspecified atom stereocenters. The summed E-state index contributed by atoms with van der Waals surface area (Å²) in [4.78, 5) is 0. The number of benzene rings is 1. The summed E-state index contributed by atoms with van der Waals surface area (Å²) >= 11 is 0. The van der Waals surface area contributed by atoms with Gasteiger partial charge < -0.3 is 10.5 Å². The zero-order valence-corrected chi connectivity index (χ0v) is 9.44. The summed E-state index contributed by atoms with van der Waals surface area (Å²) in [5, 5.41) is 0. The van der Waals surface area contributed by atoms with Crippen LogP contribution in [0.15, 0.2) is 30.3 Å². The number of ether oxygens (including phenoxy) is 1. The second kappa shape index (κ2) is 3.95. The Balaban J connectivity index is 2.06. The lowest BCUT2D eigenvalue weighted by Gasteiger charge is -2.02. The van der Waals surface area contributed by atoms with Crippen molar-refractivity contribution in [3.05, 3.63) is 35.9 Å². The molecule has 0 aromatic heterocycles. The second-order valence-corrected chi connectivity index (χ2v) is 4.79. The van der Waals surface area contributed by atoms with E-state index in [1.54, 1.807) is 0 Å². The van der Waals surface area contributed by atoms with Crippen molar-refractivity contribution in [2.45, 2.75) is 25.9 Å². The fourth-order valence-electron chi connectivity index (χ4n) is 2.36. The van der Waals surface area contributed by atoms with E-state index in [9.17, 15) is 0 Å². The molecule has 1 aromatic rings. The van der Waals surface area contributed by atoms with Crippen molar-refractivity contribution in [3.8, 4) is 0 Å². The van der Waals surface area contributed by atoms with Gasteiger partial charge in [0.05, 0.1) is 12.7 Å². The molecule has 2 nitrogen and oxygen atoms in total. The van der Waals surface area contributed by atoms with Crippen molar-refractivity contribution < 1.29 is 4.74 Å². The Morgan fingerprint density at radius 1 is 1.27 bits per heavy atom. The molecule has 0 aliphatic heterocycles. The van der Waals surface area contributed by atoms with Crippen LogP contribution in [0, 0.1) is 5.41 Å². The van der Waals surface area contributed by atoms with Crippen molar-refractivity contribution >= 4 is 0 Å². The van der Waals surface area contributed by atoms with Crippen molar-refractivity contribution in [3.63, 3.8) is 0 Å². The SMILES string of the molecule is CC1(C)C(OCCN)C1c1ccccc1. The largest absolute Gasteiger partial charge is 0.376 e. The van der Waals surface area contributed by atoms with Gasteiger partial charge in [0.25, 0.3) is 0 Å². The Bertz CT molecular complexity index is 321. The molecule has 82 valence electrons. The zero-order chi connectivity index (χ0) is 10.9. The van der Waals surface area contributed by atoms with Crippen molar-refractivity contribution in [2.24, 2.45) is 11.1 Å².